The van der Waals surface area contributed by atoms with Crippen molar-refractivity contribution in [1.29, 1.82) is 0 Å². The van der Waals surface area contributed by atoms with Crippen LogP contribution >= 0.6 is 38.5 Å². The van der Waals surface area contributed by atoms with E-state index in [9.17, 15) is 9.18 Å². The zero-order valence-corrected chi connectivity index (χ0v) is 13.5. The van der Waals surface area contributed by atoms with Crippen molar-refractivity contribution in [3.8, 4) is 0 Å². The molecule has 98 valence electrons. The summed E-state index contributed by atoms with van der Waals surface area (Å²) in [6, 6.07) is 11.7. The Kier molecular flexibility index (Phi) is 4.93. The normalized spacial score (nSPS) is 10.3. The molecule has 0 atom stereocenters. The summed E-state index contributed by atoms with van der Waals surface area (Å²) >= 11 is 5.33. The molecule has 0 unspecified atom stereocenters. The molecule has 0 radical (unpaired) electrons. The van der Waals surface area contributed by atoms with Gasteiger partial charge in [0.15, 0.2) is 0 Å². The van der Waals surface area contributed by atoms with E-state index in [1.54, 1.807) is 0 Å². The third-order valence-corrected chi connectivity index (χ3v) is 4.08. The first-order chi connectivity index (χ1) is 9.11. The van der Waals surface area contributed by atoms with Crippen molar-refractivity contribution in [3.63, 3.8) is 0 Å². The second kappa shape index (κ2) is 6.47. The Morgan fingerprint density at radius 2 is 2.00 bits per heavy atom. The first kappa shape index (κ1) is 14.5. The fourth-order valence-corrected chi connectivity index (χ4v) is 2.83. The fourth-order valence-electron chi connectivity index (χ4n) is 1.62. The van der Waals surface area contributed by atoms with Gasteiger partial charge in [-0.05, 0) is 52.4 Å². The van der Waals surface area contributed by atoms with Gasteiger partial charge in [-0.15, -0.1) is 0 Å². The van der Waals surface area contributed by atoms with Crippen LogP contribution in [-0.4, -0.2) is 5.91 Å². The van der Waals surface area contributed by atoms with Crippen molar-refractivity contribution in [2.24, 2.45) is 0 Å². The molecule has 0 heterocycles. The summed E-state index contributed by atoms with van der Waals surface area (Å²) in [6.45, 7) is 0. The third-order valence-electron chi connectivity index (χ3n) is 2.59. The minimum absolute atomic E-state index is 0.238. The Balaban J connectivity index is 2.26. The smallest absolute Gasteiger partial charge is 0.256 e. The van der Waals surface area contributed by atoms with Crippen LogP contribution in [0.15, 0.2) is 42.5 Å². The summed E-state index contributed by atoms with van der Waals surface area (Å²) in [5, 5.41) is 3.50. The average molecular weight is 434 g/mol. The first-order valence-electron chi connectivity index (χ1n) is 5.52. The highest BCUT2D eigenvalue weighted by Gasteiger charge is 2.12. The lowest BCUT2D eigenvalue weighted by Crippen LogP contribution is -2.14. The molecule has 1 N–H and O–H groups in total. The number of alkyl halides is 1. The molecule has 2 aromatic carbocycles. The van der Waals surface area contributed by atoms with Crippen molar-refractivity contribution in [2.45, 2.75) is 5.33 Å². The van der Waals surface area contributed by atoms with Gasteiger partial charge in [-0.2, -0.15) is 0 Å². The van der Waals surface area contributed by atoms with Crippen molar-refractivity contribution in [1.82, 2.24) is 0 Å². The minimum Gasteiger partial charge on any atom is -0.322 e. The number of benzene rings is 2. The van der Waals surface area contributed by atoms with Crippen LogP contribution in [0.25, 0.3) is 0 Å². The van der Waals surface area contributed by atoms with E-state index in [-0.39, 0.29) is 11.7 Å². The monoisotopic (exact) mass is 433 g/mol. The minimum atomic E-state index is -0.346. The molecule has 0 aromatic heterocycles. The summed E-state index contributed by atoms with van der Waals surface area (Å²) in [5.41, 5.74) is 2.21. The van der Waals surface area contributed by atoms with Gasteiger partial charge in [0.1, 0.15) is 5.82 Å². The van der Waals surface area contributed by atoms with Crippen molar-refractivity contribution < 1.29 is 9.18 Å². The number of carbonyl (C=O) groups is 1. The summed E-state index contributed by atoms with van der Waals surface area (Å²) in [5.74, 6) is -0.584. The van der Waals surface area contributed by atoms with Gasteiger partial charge in [0, 0.05) is 14.6 Å². The Hall–Kier alpha value is -0.950. The number of amides is 1. The molecular weight excluding hydrogens is 424 g/mol. The van der Waals surface area contributed by atoms with Gasteiger partial charge in [-0.1, -0.05) is 34.1 Å². The number of rotatable bonds is 3. The van der Waals surface area contributed by atoms with E-state index in [4.69, 9.17) is 0 Å². The van der Waals surface area contributed by atoms with Crippen molar-refractivity contribution in [3.05, 3.63) is 63.0 Å². The summed E-state index contributed by atoms with van der Waals surface area (Å²) in [7, 11) is 0. The lowest BCUT2D eigenvalue weighted by atomic mass is 10.1. The third kappa shape index (κ3) is 3.54. The summed E-state index contributed by atoms with van der Waals surface area (Å²) in [4.78, 5) is 12.2. The van der Waals surface area contributed by atoms with Crippen molar-refractivity contribution in [2.75, 3.05) is 5.32 Å². The standard InChI is InChI=1S/C14H10BrFINO/c15-8-9-3-1-2-4-13(9)18-14(19)11-6-5-10(16)7-12(11)17/h1-7H,8H2,(H,18,19). The second-order valence-electron chi connectivity index (χ2n) is 3.87. The molecule has 2 aromatic rings. The topological polar surface area (TPSA) is 29.1 Å². The van der Waals surface area contributed by atoms with Crippen LogP contribution in [0.4, 0.5) is 10.1 Å². The maximum atomic E-state index is 13.0. The lowest BCUT2D eigenvalue weighted by molar-refractivity contribution is 0.102. The molecule has 0 spiro atoms. The Bertz CT molecular complexity index is 618. The van der Waals surface area contributed by atoms with Gasteiger partial charge in [0.25, 0.3) is 5.91 Å². The molecule has 1 amide bonds. The van der Waals surface area contributed by atoms with E-state index in [0.29, 0.717) is 14.5 Å². The fraction of sp³-hybridized carbons (Fsp3) is 0.0714. The summed E-state index contributed by atoms with van der Waals surface area (Å²) < 4.78 is 13.6. The van der Waals surface area contributed by atoms with Crippen LogP contribution in [0.1, 0.15) is 15.9 Å². The van der Waals surface area contributed by atoms with E-state index in [1.807, 2.05) is 46.9 Å². The number of carbonyl (C=O) groups excluding carboxylic acids is 1. The number of hydrogen-bond acceptors (Lipinski definition) is 1. The molecule has 0 saturated carbocycles. The number of nitrogens with one attached hydrogen (secondary N) is 1. The van der Waals surface area contributed by atoms with Crippen LogP contribution in [0.3, 0.4) is 0 Å². The van der Waals surface area contributed by atoms with E-state index in [0.717, 1.165) is 11.3 Å². The number of anilines is 1. The predicted molar refractivity (Wildman–Crippen MR) is 86.1 cm³/mol. The van der Waals surface area contributed by atoms with Gasteiger partial charge < -0.3 is 5.32 Å². The Morgan fingerprint density at radius 1 is 1.26 bits per heavy atom. The van der Waals surface area contributed by atoms with Crippen LogP contribution in [-0.2, 0) is 5.33 Å². The van der Waals surface area contributed by atoms with E-state index >= 15 is 0 Å². The quantitative estimate of drug-likeness (QED) is 0.557. The van der Waals surface area contributed by atoms with Crippen LogP contribution in [0.5, 0.6) is 0 Å². The van der Waals surface area contributed by atoms with E-state index < -0.39 is 0 Å². The van der Waals surface area contributed by atoms with Gasteiger partial charge in [-0.25, -0.2) is 4.39 Å². The zero-order chi connectivity index (χ0) is 13.8. The van der Waals surface area contributed by atoms with Crippen LogP contribution in [0, 0.1) is 9.39 Å². The molecule has 0 aliphatic heterocycles. The number of hydrogen-bond donors (Lipinski definition) is 1. The molecule has 19 heavy (non-hydrogen) atoms. The van der Waals surface area contributed by atoms with Gasteiger partial charge in [0.2, 0.25) is 0 Å². The molecule has 0 fully saturated rings. The molecular formula is C14H10BrFINO. The SMILES string of the molecule is O=C(Nc1ccccc1CBr)c1ccc(F)cc1I. The van der Waals surface area contributed by atoms with Gasteiger partial charge >= 0.3 is 0 Å². The van der Waals surface area contributed by atoms with Gasteiger partial charge in [-0.3, -0.25) is 4.79 Å². The molecule has 2 rings (SSSR count). The van der Waals surface area contributed by atoms with E-state index in [2.05, 4.69) is 21.2 Å². The molecule has 2 nitrogen and oxygen atoms in total. The molecule has 0 bridgehead atoms. The van der Waals surface area contributed by atoms with Crippen LogP contribution in [0.2, 0.25) is 0 Å². The van der Waals surface area contributed by atoms with Gasteiger partial charge in [0.05, 0.1) is 5.56 Å². The molecule has 0 aliphatic carbocycles. The number of para-hydroxylation sites is 1. The zero-order valence-electron chi connectivity index (χ0n) is 9.79. The molecule has 0 saturated heterocycles. The molecule has 0 aliphatic rings. The largest absolute Gasteiger partial charge is 0.322 e. The highest BCUT2D eigenvalue weighted by Crippen LogP contribution is 2.20. The molecule has 5 heteroatoms. The Labute approximate surface area is 132 Å². The first-order valence-corrected chi connectivity index (χ1v) is 7.72. The highest BCUT2D eigenvalue weighted by molar-refractivity contribution is 14.1. The van der Waals surface area contributed by atoms with Crippen LogP contribution < -0.4 is 5.32 Å². The lowest BCUT2D eigenvalue weighted by Gasteiger charge is -2.10. The van der Waals surface area contributed by atoms with Crippen molar-refractivity contribution >= 4 is 50.1 Å². The van der Waals surface area contributed by atoms with E-state index in [1.165, 1.54) is 18.2 Å². The number of halogens is 3. The highest BCUT2D eigenvalue weighted by atomic mass is 127. The average Bonchev–Trinajstić information content (AvgIpc) is 2.39. The summed E-state index contributed by atoms with van der Waals surface area (Å²) in [6.07, 6.45) is 0. The maximum Gasteiger partial charge on any atom is 0.256 e. The Morgan fingerprint density at radius 3 is 2.68 bits per heavy atom. The second-order valence-corrected chi connectivity index (χ2v) is 5.59. The maximum absolute atomic E-state index is 13.0. The predicted octanol–water partition coefficient (Wildman–Crippen LogP) is 4.58.